The van der Waals surface area contributed by atoms with E-state index in [0.29, 0.717) is 6.42 Å². The minimum Gasteiger partial charge on any atom is -0.490 e. The predicted molar refractivity (Wildman–Crippen MR) is 153 cm³/mol. The molecule has 1 heterocycles. The van der Waals surface area contributed by atoms with Gasteiger partial charge in [0.15, 0.2) is 0 Å². The van der Waals surface area contributed by atoms with Gasteiger partial charge >= 0.3 is 5.97 Å². The molecule has 2 unspecified atom stereocenters. The van der Waals surface area contributed by atoms with Gasteiger partial charge in [0.1, 0.15) is 22.7 Å². The molecule has 0 aliphatic carbocycles. The Morgan fingerprint density at radius 1 is 0.946 bits per heavy atom. The molecular formula is C33H46O4. The number of hydrogen-bond acceptors (Lipinski definition) is 4. The van der Waals surface area contributed by atoms with E-state index in [1.54, 1.807) is 0 Å². The van der Waals surface area contributed by atoms with Crippen molar-refractivity contribution in [3.8, 4) is 17.1 Å². The molecule has 0 fully saturated rings. The van der Waals surface area contributed by atoms with Gasteiger partial charge in [0.25, 0.3) is 0 Å². The van der Waals surface area contributed by atoms with Crippen LogP contribution in [0.2, 0.25) is 0 Å². The monoisotopic (exact) mass is 506 g/mol. The van der Waals surface area contributed by atoms with Crippen LogP contribution in [-0.4, -0.2) is 17.7 Å². The summed E-state index contributed by atoms with van der Waals surface area (Å²) in [5.74, 6) is 1.66. The average Bonchev–Trinajstić information content (AvgIpc) is 3.20. The highest BCUT2D eigenvalue weighted by Crippen LogP contribution is 2.41. The summed E-state index contributed by atoms with van der Waals surface area (Å²) in [6.45, 7) is 20.9. The van der Waals surface area contributed by atoms with Crippen LogP contribution in [0.15, 0.2) is 52.9 Å². The number of esters is 1. The zero-order valence-electron chi connectivity index (χ0n) is 24.5. The Morgan fingerprint density at radius 2 is 1.62 bits per heavy atom. The van der Waals surface area contributed by atoms with Gasteiger partial charge in [-0.15, -0.1) is 0 Å². The third-order valence-electron chi connectivity index (χ3n) is 7.28. The molecule has 0 spiro atoms. The molecule has 0 saturated carbocycles. The van der Waals surface area contributed by atoms with Crippen molar-refractivity contribution in [1.29, 1.82) is 0 Å². The number of carbonyl (C=O) groups excluding carboxylic acids is 1. The lowest BCUT2D eigenvalue weighted by atomic mass is 9.68. The van der Waals surface area contributed by atoms with Crippen molar-refractivity contribution < 1.29 is 18.7 Å². The molecule has 37 heavy (non-hydrogen) atoms. The number of aryl methyl sites for hydroxylation is 1. The second kappa shape index (κ2) is 10.9. The summed E-state index contributed by atoms with van der Waals surface area (Å²) in [6.07, 6.45) is 2.15. The van der Waals surface area contributed by atoms with Gasteiger partial charge in [-0.05, 0) is 75.6 Å². The third kappa shape index (κ3) is 7.18. The largest absolute Gasteiger partial charge is 0.490 e. The van der Waals surface area contributed by atoms with Crippen LogP contribution >= 0.6 is 0 Å². The van der Waals surface area contributed by atoms with Crippen molar-refractivity contribution in [3.63, 3.8) is 0 Å². The summed E-state index contributed by atoms with van der Waals surface area (Å²) >= 11 is 0. The number of hydrogen-bond donors (Lipinski definition) is 0. The van der Waals surface area contributed by atoms with Crippen molar-refractivity contribution in [2.24, 2.45) is 16.7 Å². The van der Waals surface area contributed by atoms with Crippen molar-refractivity contribution in [2.45, 2.75) is 100 Å². The fourth-order valence-electron chi connectivity index (χ4n) is 5.28. The minimum absolute atomic E-state index is 0.0293. The highest BCUT2D eigenvalue weighted by Gasteiger charge is 2.43. The number of benzene rings is 2. The van der Waals surface area contributed by atoms with Gasteiger partial charge in [-0.25, -0.2) is 0 Å². The maximum absolute atomic E-state index is 13.4. The normalized spacial score (nSPS) is 15.0. The fraction of sp³-hybridized carbons (Fsp3) is 0.545. The molecular weight excluding hydrogens is 460 g/mol. The molecule has 2 aromatic carbocycles. The standard InChI is InChI=1S/C33H46O4/c1-11-24-14-12-13-15-27(24)29-18-25-16-17-26(19-28(25)36-29)35-23(4)20-32(8,9)37-30(34)33(10,22(2)3)21-31(5,6)7/h12-19,22-23H,11,20-21H2,1-10H3. The van der Waals surface area contributed by atoms with Crippen LogP contribution in [0.25, 0.3) is 22.3 Å². The molecule has 1 aromatic heterocycles. The fourth-order valence-corrected chi connectivity index (χ4v) is 5.28. The lowest BCUT2D eigenvalue weighted by Gasteiger charge is -2.39. The van der Waals surface area contributed by atoms with Crippen molar-refractivity contribution in [3.05, 3.63) is 54.1 Å². The Balaban J connectivity index is 1.70. The van der Waals surface area contributed by atoms with E-state index in [4.69, 9.17) is 13.9 Å². The van der Waals surface area contributed by atoms with Gasteiger partial charge in [0.2, 0.25) is 0 Å². The SMILES string of the molecule is CCc1ccccc1-c1cc2ccc(OC(C)CC(C)(C)OC(=O)C(C)(CC(C)(C)C)C(C)C)cc2o1. The van der Waals surface area contributed by atoms with Crippen LogP contribution in [0.5, 0.6) is 5.75 Å². The first-order chi connectivity index (χ1) is 17.1. The topological polar surface area (TPSA) is 48.7 Å². The third-order valence-corrected chi connectivity index (χ3v) is 7.28. The number of rotatable bonds is 10. The van der Waals surface area contributed by atoms with Gasteiger partial charge in [-0.2, -0.15) is 0 Å². The van der Waals surface area contributed by atoms with Crippen LogP contribution in [0.1, 0.15) is 87.6 Å². The van der Waals surface area contributed by atoms with E-state index in [2.05, 4.69) is 65.8 Å². The first-order valence-electron chi connectivity index (χ1n) is 13.7. The second-order valence-corrected chi connectivity index (χ2v) is 12.9. The lowest BCUT2D eigenvalue weighted by Crippen LogP contribution is -2.43. The molecule has 0 radical (unpaired) electrons. The second-order valence-electron chi connectivity index (χ2n) is 12.9. The lowest BCUT2D eigenvalue weighted by molar-refractivity contribution is -0.175. The Kier molecular flexibility index (Phi) is 8.51. The molecule has 0 N–H and O–H groups in total. The van der Waals surface area contributed by atoms with Crippen LogP contribution in [0, 0.1) is 16.7 Å². The molecule has 0 saturated heterocycles. The summed E-state index contributed by atoms with van der Waals surface area (Å²) in [6, 6.07) is 16.4. The van der Waals surface area contributed by atoms with Crippen molar-refractivity contribution >= 4 is 16.9 Å². The zero-order chi connectivity index (χ0) is 27.6. The summed E-state index contributed by atoms with van der Waals surface area (Å²) in [7, 11) is 0. The van der Waals surface area contributed by atoms with Crippen LogP contribution < -0.4 is 4.74 Å². The predicted octanol–water partition coefficient (Wildman–Crippen LogP) is 9.24. The van der Waals surface area contributed by atoms with Crippen LogP contribution in [-0.2, 0) is 16.0 Å². The van der Waals surface area contributed by atoms with E-state index >= 15 is 0 Å². The van der Waals surface area contributed by atoms with Crippen LogP contribution in [0.4, 0.5) is 0 Å². The zero-order valence-corrected chi connectivity index (χ0v) is 24.5. The molecule has 202 valence electrons. The summed E-state index contributed by atoms with van der Waals surface area (Å²) in [4.78, 5) is 13.4. The van der Waals surface area contributed by atoms with E-state index < -0.39 is 11.0 Å². The summed E-state index contributed by atoms with van der Waals surface area (Å²) in [5.41, 5.74) is 2.02. The van der Waals surface area contributed by atoms with E-state index in [1.807, 2.05) is 52.0 Å². The molecule has 0 aliphatic rings. The van der Waals surface area contributed by atoms with Gasteiger partial charge in [-0.1, -0.05) is 65.8 Å². The number of ether oxygens (including phenoxy) is 2. The number of fused-ring (bicyclic) bond motifs is 1. The Bertz CT molecular complexity index is 1210. The molecule has 4 heteroatoms. The number of carbonyl (C=O) groups is 1. The van der Waals surface area contributed by atoms with E-state index in [9.17, 15) is 4.79 Å². The molecule has 0 amide bonds. The van der Waals surface area contributed by atoms with Crippen molar-refractivity contribution in [2.75, 3.05) is 0 Å². The maximum Gasteiger partial charge on any atom is 0.312 e. The molecule has 3 rings (SSSR count). The first-order valence-corrected chi connectivity index (χ1v) is 13.7. The highest BCUT2D eigenvalue weighted by molar-refractivity contribution is 5.84. The van der Waals surface area contributed by atoms with Crippen molar-refractivity contribution in [1.82, 2.24) is 0 Å². The highest BCUT2D eigenvalue weighted by atomic mass is 16.6. The first kappa shape index (κ1) is 28.8. The quantitative estimate of drug-likeness (QED) is 0.257. The van der Waals surface area contributed by atoms with Gasteiger partial charge in [-0.3, -0.25) is 4.79 Å². The number of furan rings is 1. The Morgan fingerprint density at radius 3 is 2.24 bits per heavy atom. The van der Waals surface area contributed by atoms with Gasteiger partial charge in [0.05, 0.1) is 11.5 Å². The molecule has 3 aromatic rings. The Hall–Kier alpha value is -2.75. The average molecular weight is 507 g/mol. The molecule has 0 bridgehead atoms. The Labute approximate surface area is 223 Å². The summed E-state index contributed by atoms with van der Waals surface area (Å²) in [5, 5.41) is 1.04. The van der Waals surface area contributed by atoms with E-state index in [-0.39, 0.29) is 23.4 Å². The van der Waals surface area contributed by atoms with E-state index in [0.717, 1.165) is 40.9 Å². The smallest absolute Gasteiger partial charge is 0.312 e. The van der Waals surface area contributed by atoms with Crippen LogP contribution in [0.3, 0.4) is 0 Å². The maximum atomic E-state index is 13.4. The minimum atomic E-state index is -0.656. The molecule has 2 atom stereocenters. The van der Waals surface area contributed by atoms with E-state index in [1.165, 1.54) is 5.56 Å². The molecule has 0 aliphatic heterocycles. The summed E-state index contributed by atoms with van der Waals surface area (Å²) < 4.78 is 18.6. The van der Waals surface area contributed by atoms with Gasteiger partial charge < -0.3 is 13.9 Å². The van der Waals surface area contributed by atoms with Gasteiger partial charge in [0, 0.05) is 23.4 Å². The molecule has 4 nitrogen and oxygen atoms in total.